The van der Waals surface area contributed by atoms with Crippen LogP contribution in [0.4, 0.5) is 26.3 Å². The fourth-order valence-corrected chi connectivity index (χ4v) is 2.24. The zero-order chi connectivity index (χ0) is 14.5. The van der Waals surface area contributed by atoms with E-state index in [0.29, 0.717) is 0 Å². The summed E-state index contributed by atoms with van der Waals surface area (Å²) in [6.07, 6.45) is -7.12. The van der Waals surface area contributed by atoms with Crippen molar-refractivity contribution in [2.45, 2.75) is 16.4 Å². The molecule has 0 aromatic rings. The molecule has 0 radical (unpaired) electrons. The molecule has 0 aromatic carbocycles. The van der Waals surface area contributed by atoms with Crippen LogP contribution in [0.5, 0.6) is 0 Å². The van der Waals surface area contributed by atoms with Crippen molar-refractivity contribution in [3.8, 4) is 0 Å². The van der Waals surface area contributed by atoms with Gasteiger partial charge in [0.2, 0.25) is 0 Å². The van der Waals surface area contributed by atoms with Crippen molar-refractivity contribution in [2.24, 2.45) is 0 Å². The van der Waals surface area contributed by atoms with Gasteiger partial charge in [0.25, 0.3) is 0 Å². The predicted octanol–water partition coefficient (Wildman–Crippen LogP) is -6.09. The van der Waals surface area contributed by atoms with Gasteiger partial charge in [-0.05, 0) is 0 Å². The molecule has 0 aliphatic rings. The molecule has 19 heavy (non-hydrogen) atoms. The van der Waals surface area contributed by atoms with Crippen LogP contribution < -0.4 is 37.7 Å². The van der Waals surface area contributed by atoms with Crippen LogP contribution in [0.3, 0.4) is 0 Å². The molecule has 0 N–H and O–H groups in total. The average Bonchev–Trinajstić information content (AvgIpc) is 1.95. The van der Waals surface area contributed by atoms with E-state index in [9.17, 15) is 52.3 Å². The molecule has 0 aromatic heterocycles. The van der Waals surface area contributed by atoms with E-state index in [1.807, 2.05) is 0 Å². The summed E-state index contributed by atoms with van der Waals surface area (Å²) in [5.74, 6) is 0. The van der Waals surface area contributed by atoms with Gasteiger partial charge in [-0.25, -0.2) is 21.2 Å². The Kier molecular flexibility index (Phi) is 7.96. The summed E-state index contributed by atoms with van der Waals surface area (Å²) in [5, 5.41) is -14.1. The smallest absolute Gasteiger partial charge is 0.745 e. The quantitative estimate of drug-likeness (QED) is 0.290. The first kappa shape index (κ1) is 24.6. The number of hydrogen-bond donors (Lipinski definition) is 0. The van der Waals surface area contributed by atoms with Gasteiger partial charge in [-0.3, -0.25) is 0 Å². The molecule has 0 aliphatic carbocycles. The number of hydrogen-bond acceptors (Lipinski definition) is 6. The van der Waals surface area contributed by atoms with Gasteiger partial charge < -0.3 is 9.11 Å². The first-order valence-electron chi connectivity index (χ1n) is 3.04. The van der Waals surface area contributed by atoms with Crippen LogP contribution in [0.1, 0.15) is 0 Å². The maximum atomic E-state index is 12.7. The Labute approximate surface area is 126 Å². The van der Waals surface area contributed by atoms with Crippen LogP contribution in [-0.2, 0) is 20.2 Å². The SMILES string of the molecule is O=S(=O)([O-])C(F)(F)C(F)(C(F)(F)F)S(=O)(=O)[O-].[Li+].[Li+]. The fourth-order valence-electron chi connectivity index (χ4n) is 0.613. The van der Waals surface area contributed by atoms with Crippen LogP contribution in [0, 0.1) is 0 Å². The Morgan fingerprint density at radius 2 is 0.947 bits per heavy atom. The summed E-state index contributed by atoms with van der Waals surface area (Å²) < 4.78 is 132. The van der Waals surface area contributed by atoms with E-state index < -0.39 is 36.7 Å². The molecule has 16 heteroatoms. The van der Waals surface area contributed by atoms with Gasteiger partial charge in [0.05, 0.1) is 0 Å². The Morgan fingerprint density at radius 3 is 1.00 bits per heavy atom. The Bertz CT molecular complexity index is 512. The van der Waals surface area contributed by atoms with Crippen molar-refractivity contribution in [3.63, 3.8) is 0 Å². The van der Waals surface area contributed by atoms with Crippen molar-refractivity contribution in [2.75, 3.05) is 0 Å². The minimum Gasteiger partial charge on any atom is -0.745 e. The Morgan fingerprint density at radius 1 is 0.684 bits per heavy atom. The van der Waals surface area contributed by atoms with Crippen LogP contribution in [0.2, 0.25) is 0 Å². The number of halogens is 6. The van der Waals surface area contributed by atoms with Gasteiger partial charge in [0.1, 0.15) is 10.1 Å². The molecule has 0 amide bonds. The second-order valence-corrected chi connectivity index (χ2v) is 5.41. The molecule has 104 valence electrons. The third-order valence-corrected chi connectivity index (χ3v) is 3.61. The molecule has 0 rings (SSSR count). The Balaban J connectivity index is -0.00000128. The maximum absolute atomic E-state index is 12.7. The molecule has 0 fully saturated rings. The zero-order valence-electron chi connectivity index (χ0n) is 9.03. The molecular formula is C3F6Li2O6S2. The van der Waals surface area contributed by atoms with E-state index in [1.54, 1.807) is 0 Å². The van der Waals surface area contributed by atoms with E-state index in [0.717, 1.165) is 0 Å². The van der Waals surface area contributed by atoms with Gasteiger partial charge in [-0.1, -0.05) is 0 Å². The third-order valence-electron chi connectivity index (χ3n) is 1.40. The van der Waals surface area contributed by atoms with Gasteiger partial charge >= 0.3 is 54.2 Å². The molecule has 0 heterocycles. The molecule has 0 bridgehead atoms. The first-order chi connectivity index (χ1) is 7.00. The average molecular weight is 324 g/mol. The minimum absolute atomic E-state index is 0. The van der Waals surface area contributed by atoms with Crippen LogP contribution >= 0.6 is 0 Å². The van der Waals surface area contributed by atoms with Crippen LogP contribution in [-0.4, -0.2) is 42.4 Å². The van der Waals surface area contributed by atoms with Crippen molar-refractivity contribution in [3.05, 3.63) is 0 Å². The predicted molar refractivity (Wildman–Crippen MR) is 34.2 cm³/mol. The van der Waals surface area contributed by atoms with Crippen molar-refractivity contribution in [1.29, 1.82) is 0 Å². The molecule has 0 saturated carbocycles. The fraction of sp³-hybridized carbons (Fsp3) is 1.00. The van der Waals surface area contributed by atoms with E-state index >= 15 is 0 Å². The van der Waals surface area contributed by atoms with Crippen molar-refractivity contribution < 1.29 is 90.0 Å². The third kappa shape index (κ3) is 3.82. The van der Waals surface area contributed by atoms with Crippen molar-refractivity contribution >= 4 is 20.2 Å². The molecule has 1 unspecified atom stereocenters. The Hall–Kier alpha value is 0.595. The van der Waals surface area contributed by atoms with E-state index in [1.165, 1.54) is 0 Å². The van der Waals surface area contributed by atoms with Gasteiger partial charge in [-0.15, -0.1) is 0 Å². The molecule has 1 atom stereocenters. The number of rotatable bonds is 3. The molecule has 0 aliphatic heterocycles. The summed E-state index contributed by atoms with van der Waals surface area (Å²) in [5.41, 5.74) is 0. The normalized spacial score (nSPS) is 16.8. The van der Waals surface area contributed by atoms with Gasteiger partial charge in [-0.2, -0.15) is 22.0 Å². The summed E-state index contributed by atoms with van der Waals surface area (Å²) >= 11 is 0. The summed E-state index contributed by atoms with van der Waals surface area (Å²) in [6.45, 7) is 0. The minimum atomic E-state index is -7.53. The summed E-state index contributed by atoms with van der Waals surface area (Å²) in [4.78, 5) is 0. The summed E-state index contributed by atoms with van der Waals surface area (Å²) in [6, 6.07) is 0. The van der Waals surface area contributed by atoms with Crippen LogP contribution in [0.25, 0.3) is 0 Å². The molecule has 0 saturated heterocycles. The van der Waals surface area contributed by atoms with E-state index in [2.05, 4.69) is 0 Å². The second kappa shape index (κ2) is 6.15. The first-order valence-corrected chi connectivity index (χ1v) is 5.86. The van der Waals surface area contributed by atoms with Crippen molar-refractivity contribution in [1.82, 2.24) is 0 Å². The molecule has 6 nitrogen and oxygen atoms in total. The topological polar surface area (TPSA) is 114 Å². The number of alkyl halides is 6. The maximum Gasteiger partial charge on any atom is 1.00 e. The van der Waals surface area contributed by atoms with Gasteiger partial charge in [0.15, 0.2) is 10.1 Å². The van der Waals surface area contributed by atoms with E-state index in [4.69, 9.17) is 0 Å². The monoisotopic (exact) mass is 324 g/mol. The molecule has 0 spiro atoms. The van der Waals surface area contributed by atoms with Crippen LogP contribution in [0.15, 0.2) is 0 Å². The van der Waals surface area contributed by atoms with E-state index in [-0.39, 0.29) is 37.7 Å². The largest absolute Gasteiger partial charge is 1.00 e. The van der Waals surface area contributed by atoms with Gasteiger partial charge in [0, 0.05) is 0 Å². The standard InChI is InChI=1S/C3H2F6O6S2.2Li/c4-1(2(5,6)7,16(10,11)12)3(8,9)17(13,14)15;;/h(H,10,11,12)(H,13,14,15);;/q;2*+1/p-2. The zero-order valence-corrected chi connectivity index (χ0v) is 10.7. The summed E-state index contributed by atoms with van der Waals surface area (Å²) in [7, 11) is -14.9. The molecular weight excluding hydrogens is 324 g/mol. The second-order valence-electron chi connectivity index (χ2n) is 2.52.